The van der Waals surface area contributed by atoms with E-state index in [1.54, 1.807) is 0 Å². The molecular weight excluding hydrogens is 282 g/mol. The Hall–Kier alpha value is -1.27. The molecule has 0 saturated carbocycles. The smallest absolute Gasteiger partial charge is 0.152 e. The topological polar surface area (TPSA) is 38.0 Å². The van der Waals surface area contributed by atoms with E-state index in [-0.39, 0.29) is 11.3 Å². The fraction of sp³-hybridized carbons (Fsp3) is 0.100. The lowest BCUT2D eigenvalue weighted by atomic mass is 10.2. The molecule has 2 aromatic rings. The van der Waals surface area contributed by atoms with Gasteiger partial charge in [-0.2, -0.15) is 5.10 Å². The fourth-order valence-corrected chi connectivity index (χ4v) is 1.64. The van der Waals surface area contributed by atoms with E-state index >= 15 is 0 Å². The molecule has 3 nitrogen and oxygen atoms in total. The van der Waals surface area contributed by atoms with E-state index in [1.165, 1.54) is 12.4 Å². The molecular formula is C10H7BrF2N2O. The summed E-state index contributed by atoms with van der Waals surface area (Å²) in [5.41, 5.74) is -0.0760. The molecule has 6 heteroatoms. The summed E-state index contributed by atoms with van der Waals surface area (Å²) < 4.78 is 28.8. The summed E-state index contributed by atoms with van der Waals surface area (Å²) in [7, 11) is 0. The number of halogens is 3. The first-order valence-corrected chi connectivity index (χ1v) is 5.20. The van der Waals surface area contributed by atoms with Crippen molar-refractivity contribution in [2.45, 2.75) is 6.61 Å². The normalized spacial score (nSPS) is 10.8. The Morgan fingerprint density at radius 2 is 1.94 bits per heavy atom. The number of aliphatic hydroxyl groups is 1. The first-order chi connectivity index (χ1) is 7.61. The molecule has 0 aliphatic heterocycles. The summed E-state index contributed by atoms with van der Waals surface area (Å²) in [5, 5.41) is 12.6. The first-order valence-electron chi connectivity index (χ1n) is 4.41. The molecule has 2 rings (SSSR count). The lowest BCUT2D eigenvalue weighted by molar-refractivity contribution is 0.280. The standard InChI is InChI=1S/C10H7BrF2N2O/c11-7-3-14-15(4-7)10-8(12)1-6(5-16)2-9(10)13/h1-4,16H,5H2. The van der Waals surface area contributed by atoms with E-state index in [9.17, 15) is 8.78 Å². The quantitative estimate of drug-likeness (QED) is 0.922. The number of benzene rings is 1. The van der Waals surface area contributed by atoms with Crippen molar-refractivity contribution in [1.29, 1.82) is 0 Å². The number of rotatable bonds is 2. The van der Waals surface area contributed by atoms with Crippen LogP contribution in [0, 0.1) is 11.6 Å². The van der Waals surface area contributed by atoms with Gasteiger partial charge in [-0.25, -0.2) is 13.5 Å². The molecule has 0 radical (unpaired) electrons. The van der Waals surface area contributed by atoms with E-state index in [1.807, 2.05) is 0 Å². The van der Waals surface area contributed by atoms with Crippen molar-refractivity contribution in [1.82, 2.24) is 9.78 Å². The Morgan fingerprint density at radius 3 is 2.38 bits per heavy atom. The third kappa shape index (κ3) is 1.98. The summed E-state index contributed by atoms with van der Waals surface area (Å²) >= 11 is 3.14. The van der Waals surface area contributed by atoms with Crippen LogP contribution >= 0.6 is 15.9 Å². The lowest BCUT2D eigenvalue weighted by Gasteiger charge is -2.06. The van der Waals surface area contributed by atoms with E-state index < -0.39 is 18.2 Å². The average molecular weight is 289 g/mol. The summed E-state index contributed by atoms with van der Waals surface area (Å²) in [4.78, 5) is 0. The highest BCUT2D eigenvalue weighted by molar-refractivity contribution is 9.10. The van der Waals surface area contributed by atoms with E-state index in [2.05, 4.69) is 21.0 Å². The lowest BCUT2D eigenvalue weighted by Crippen LogP contribution is -2.03. The second-order valence-corrected chi connectivity index (χ2v) is 4.08. The Morgan fingerprint density at radius 1 is 1.31 bits per heavy atom. The van der Waals surface area contributed by atoms with Crippen LogP contribution in [-0.2, 0) is 6.61 Å². The maximum absolute atomic E-state index is 13.6. The second kappa shape index (κ2) is 4.31. The third-order valence-electron chi connectivity index (χ3n) is 2.04. The van der Waals surface area contributed by atoms with Gasteiger partial charge in [0, 0.05) is 6.20 Å². The zero-order valence-corrected chi connectivity index (χ0v) is 9.58. The van der Waals surface area contributed by atoms with Gasteiger partial charge in [0.05, 0.1) is 17.3 Å². The Balaban J connectivity index is 2.57. The number of nitrogens with zero attached hydrogens (tertiary/aromatic N) is 2. The van der Waals surface area contributed by atoms with Gasteiger partial charge in [-0.1, -0.05) is 0 Å². The fourth-order valence-electron chi connectivity index (χ4n) is 1.35. The van der Waals surface area contributed by atoms with Gasteiger partial charge >= 0.3 is 0 Å². The minimum Gasteiger partial charge on any atom is -0.392 e. The van der Waals surface area contributed by atoms with Gasteiger partial charge in [0.1, 0.15) is 5.69 Å². The molecule has 1 aromatic carbocycles. The molecule has 0 bridgehead atoms. The van der Waals surface area contributed by atoms with Crippen LogP contribution in [-0.4, -0.2) is 14.9 Å². The maximum atomic E-state index is 13.6. The third-order valence-corrected chi connectivity index (χ3v) is 2.45. The SMILES string of the molecule is OCc1cc(F)c(-n2cc(Br)cn2)c(F)c1. The van der Waals surface area contributed by atoms with E-state index in [4.69, 9.17) is 5.11 Å². The number of aromatic nitrogens is 2. The van der Waals surface area contributed by atoms with Crippen LogP contribution in [0.25, 0.3) is 5.69 Å². The zero-order valence-electron chi connectivity index (χ0n) is 7.99. The van der Waals surface area contributed by atoms with Crippen LogP contribution in [0.4, 0.5) is 8.78 Å². The summed E-state index contributed by atoms with van der Waals surface area (Å²) in [6, 6.07) is 2.15. The van der Waals surface area contributed by atoms with E-state index in [0.717, 1.165) is 16.8 Å². The van der Waals surface area contributed by atoms with Crippen molar-refractivity contribution in [3.05, 3.63) is 46.2 Å². The Bertz CT molecular complexity index is 504. The van der Waals surface area contributed by atoms with Crippen LogP contribution in [0.1, 0.15) is 5.56 Å². The van der Waals surface area contributed by atoms with Crippen molar-refractivity contribution in [3.8, 4) is 5.69 Å². The molecule has 1 aromatic heterocycles. The monoisotopic (exact) mass is 288 g/mol. The predicted octanol–water partition coefficient (Wildman–Crippen LogP) is 2.41. The Kier molecular flexibility index (Phi) is 3.02. The summed E-state index contributed by atoms with van der Waals surface area (Å²) in [5.74, 6) is -1.53. The molecule has 0 atom stereocenters. The van der Waals surface area contributed by atoms with Gasteiger partial charge in [-0.3, -0.25) is 0 Å². The maximum Gasteiger partial charge on any atom is 0.152 e. The van der Waals surface area contributed by atoms with Gasteiger partial charge in [-0.15, -0.1) is 0 Å². The van der Waals surface area contributed by atoms with Gasteiger partial charge in [0.2, 0.25) is 0 Å². The number of aliphatic hydroxyl groups excluding tert-OH is 1. The molecule has 0 aliphatic carbocycles. The van der Waals surface area contributed by atoms with Crippen LogP contribution in [0.15, 0.2) is 29.0 Å². The van der Waals surface area contributed by atoms with Crippen LogP contribution < -0.4 is 0 Å². The summed E-state index contributed by atoms with van der Waals surface area (Å²) in [6.45, 7) is -0.406. The van der Waals surface area contributed by atoms with Crippen molar-refractivity contribution in [2.75, 3.05) is 0 Å². The highest BCUT2D eigenvalue weighted by atomic mass is 79.9. The first kappa shape index (κ1) is 11.2. The predicted molar refractivity (Wildman–Crippen MR) is 57.1 cm³/mol. The molecule has 16 heavy (non-hydrogen) atoms. The highest BCUT2D eigenvalue weighted by Crippen LogP contribution is 2.20. The molecule has 0 amide bonds. The van der Waals surface area contributed by atoms with Gasteiger partial charge in [-0.05, 0) is 33.6 Å². The van der Waals surface area contributed by atoms with Gasteiger partial charge in [0.25, 0.3) is 0 Å². The molecule has 0 saturated heterocycles. The van der Waals surface area contributed by atoms with Crippen molar-refractivity contribution in [3.63, 3.8) is 0 Å². The number of hydrogen-bond acceptors (Lipinski definition) is 2. The van der Waals surface area contributed by atoms with Gasteiger partial charge in [0.15, 0.2) is 11.6 Å². The van der Waals surface area contributed by atoms with Crippen LogP contribution in [0.3, 0.4) is 0 Å². The highest BCUT2D eigenvalue weighted by Gasteiger charge is 2.13. The van der Waals surface area contributed by atoms with E-state index in [0.29, 0.717) is 4.47 Å². The minimum absolute atomic E-state index is 0.185. The van der Waals surface area contributed by atoms with Crippen molar-refractivity contribution >= 4 is 15.9 Å². The number of hydrogen-bond donors (Lipinski definition) is 1. The van der Waals surface area contributed by atoms with Crippen molar-refractivity contribution in [2.24, 2.45) is 0 Å². The summed E-state index contributed by atoms with van der Waals surface area (Å²) in [6.07, 6.45) is 2.87. The Labute approximate surface area is 98.5 Å². The molecule has 1 heterocycles. The van der Waals surface area contributed by atoms with Gasteiger partial charge < -0.3 is 5.11 Å². The average Bonchev–Trinajstić information content (AvgIpc) is 2.63. The minimum atomic E-state index is -0.764. The molecule has 0 aliphatic rings. The molecule has 0 spiro atoms. The molecule has 0 fully saturated rings. The van der Waals surface area contributed by atoms with Crippen LogP contribution in [0.2, 0.25) is 0 Å². The van der Waals surface area contributed by atoms with Crippen molar-refractivity contribution < 1.29 is 13.9 Å². The molecule has 84 valence electrons. The van der Waals surface area contributed by atoms with Crippen LogP contribution in [0.5, 0.6) is 0 Å². The zero-order chi connectivity index (χ0) is 11.7. The molecule has 0 unspecified atom stereocenters. The second-order valence-electron chi connectivity index (χ2n) is 3.17. The molecule has 1 N–H and O–H groups in total. The largest absolute Gasteiger partial charge is 0.392 e.